The summed E-state index contributed by atoms with van der Waals surface area (Å²) in [6, 6.07) is 0. The van der Waals surface area contributed by atoms with Crippen LogP contribution in [0.1, 0.15) is 13.8 Å². The molecule has 0 amide bonds. The number of halogens is 1. The van der Waals surface area contributed by atoms with E-state index in [0.717, 1.165) is 4.48 Å². The average Bonchev–Trinajstić information content (AvgIpc) is 1.93. The van der Waals surface area contributed by atoms with Gasteiger partial charge in [-0.1, -0.05) is 55.1 Å². The Morgan fingerprint density at radius 2 is 1.78 bits per heavy atom. The van der Waals surface area contributed by atoms with Crippen molar-refractivity contribution in [1.82, 2.24) is 0 Å². The molecule has 0 aromatic rings. The van der Waals surface area contributed by atoms with E-state index in [4.69, 9.17) is 0 Å². The zero-order valence-electron chi connectivity index (χ0n) is 6.02. The predicted molar refractivity (Wildman–Crippen MR) is 48.8 cm³/mol. The van der Waals surface area contributed by atoms with E-state index in [1.165, 1.54) is 0 Å². The third-order valence-electron chi connectivity index (χ3n) is 0.472. The molecule has 0 rings (SSSR count). The van der Waals surface area contributed by atoms with Gasteiger partial charge in [-0.3, -0.25) is 0 Å². The summed E-state index contributed by atoms with van der Waals surface area (Å²) < 4.78 is 0.961. The Labute approximate surface area is 66.1 Å². The summed E-state index contributed by atoms with van der Waals surface area (Å²) in [5.41, 5.74) is 0. The maximum absolute atomic E-state index is 3.52. The molecule has 52 valence electrons. The van der Waals surface area contributed by atoms with Gasteiger partial charge in [-0.2, -0.15) is 0 Å². The minimum absolute atomic E-state index is 0.961. The van der Waals surface area contributed by atoms with E-state index in [1.54, 1.807) is 12.2 Å². The second-order valence-corrected chi connectivity index (χ2v) is 1.91. The standard InChI is InChI=1S/C6H7Br.C2H6/c1-3-5-6(7)4-2;1-2/h3-5H,1-2H2;1-2H3/b6-5+;. The Morgan fingerprint density at radius 1 is 1.33 bits per heavy atom. The Hall–Kier alpha value is -0.300. The van der Waals surface area contributed by atoms with Gasteiger partial charge in [0.2, 0.25) is 0 Å². The van der Waals surface area contributed by atoms with Crippen LogP contribution in [-0.2, 0) is 0 Å². The van der Waals surface area contributed by atoms with Crippen LogP contribution in [0, 0.1) is 0 Å². The lowest BCUT2D eigenvalue weighted by molar-refractivity contribution is 1.50. The van der Waals surface area contributed by atoms with Crippen LogP contribution in [0.5, 0.6) is 0 Å². The first-order valence-corrected chi connectivity index (χ1v) is 3.71. The number of rotatable bonds is 2. The summed E-state index contributed by atoms with van der Waals surface area (Å²) in [4.78, 5) is 0. The van der Waals surface area contributed by atoms with Gasteiger partial charge in [-0.15, -0.1) is 0 Å². The number of allylic oxidation sites excluding steroid dienone is 4. The van der Waals surface area contributed by atoms with Crippen molar-refractivity contribution in [2.75, 3.05) is 0 Å². The summed E-state index contributed by atoms with van der Waals surface area (Å²) in [7, 11) is 0. The molecule has 0 radical (unpaired) electrons. The number of hydrogen-bond acceptors (Lipinski definition) is 0. The van der Waals surface area contributed by atoms with Crippen LogP contribution in [0.2, 0.25) is 0 Å². The highest BCUT2D eigenvalue weighted by Gasteiger charge is 1.71. The van der Waals surface area contributed by atoms with Crippen LogP contribution >= 0.6 is 15.9 Å². The summed E-state index contributed by atoms with van der Waals surface area (Å²) >= 11 is 3.21. The summed E-state index contributed by atoms with van der Waals surface area (Å²) in [6.07, 6.45) is 5.24. The van der Waals surface area contributed by atoms with E-state index in [1.807, 2.05) is 19.9 Å². The van der Waals surface area contributed by atoms with E-state index < -0.39 is 0 Å². The highest BCUT2D eigenvalue weighted by atomic mass is 79.9. The fourth-order valence-corrected chi connectivity index (χ4v) is 0.368. The topological polar surface area (TPSA) is 0 Å². The van der Waals surface area contributed by atoms with E-state index >= 15 is 0 Å². The molecule has 0 fully saturated rings. The Morgan fingerprint density at radius 3 is 1.89 bits per heavy atom. The van der Waals surface area contributed by atoms with E-state index in [9.17, 15) is 0 Å². The molecule has 1 heteroatoms. The molecule has 0 bridgehead atoms. The average molecular weight is 189 g/mol. The fraction of sp³-hybridized carbons (Fsp3) is 0.250. The molecule has 0 aromatic heterocycles. The molecule has 0 unspecified atom stereocenters. The summed E-state index contributed by atoms with van der Waals surface area (Å²) in [5, 5.41) is 0. The van der Waals surface area contributed by atoms with Crippen molar-refractivity contribution in [2.24, 2.45) is 0 Å². The SMILES string of the molecule is C=C/C=C(/Br)C=C.CC. The molecular formula is C8H13Br. The summed E-state index contributed by atoms with van der Waals surface area (Å²) in [5.74, 6) is 0. The largest absolute Gasteiger partial charge is 0.0990 e. The first kappa shape index (κ1) is 11.5. The van der Waals surface area contributed by atoms with Crippen LogP contribution in [0.15, 0.2) is 35.9 Å². The number of hydrogen-bond donors (Lipinski definition) is 0. The van der Waals surface area contributed by atoms with Crippen molar-refractivity contribution < 1.29 is 0 Å². The van der Waals surface area contributed by atoms with E-state index in [2.05, 4.69) is 29.1 Å². The third kappa shape index (κ3) is 11.3. The zero-order valence-corrected chi connectivity index (χ0v) is 7.61. The Kier molecular flexibility index (Phi) is 13.6. The van der Waals surface area contributed by atoms with Gasteiger partial charge < -0.3 is 0 Å². The van der Waals surface area contributed by atoms with Crippen molar-refractivity contribution in [1.29, 1.82) is 0 Å². The van der Waals surface area contributed by atoms with Gasteiger partial charge in [-0.25, -0.2) is 0 Å². The maximum atomic E-state index is 3.52. The predicted octanol–water partition coefficient (Wildman–Crippen LogP) is 3.66. The summed E-state index contributed by atoms with van der Waals surface area (Å²) in [6.45, 7) is 11.0. The van der Waals surface area contributed by atoms with Crippen molar-refractivity contribution in [3.8, 4) is 0 Å². The highest BCUT2D eigenvalue weighted by molar-refractivity contribution is 9.11. The smallest absolute Gasteiger partial charge is 0.0169 e. The highest BCUT2D eigenvalue weighted by Crippen LogP contribution is 2.03. The normalized spacial score (nSPS) is 9.00. The van der Waals surface area contributed by atoms with Crippen molar-refractivity contribution in [2.45, 2.75) is 13.8 Å². The lowest BCUT2D eigenvalue weighted by atomic mass is 10.5. The molecule has 0 saturated carbocycles. The van der Waals surface area contributed by atoms with Crippen LogP contribution in [0.4, 0.5) is 0 Å². The minimum Gasteiger partial charge on any atom is -0.0990 e. The molecule has 0 heterocycles. The molecule has 0 saturated heterocycles. The van der Waals surface area contributed by atoms with Gasteiger partial charge >= 0.3 is 0 Å². The van der Waals surface area contributed by atoms with Gasteiger partial charge in [0.1, 0.15) is 0 Å². The third-order valence-corrected chi connectivity index (χ3v) is 1.06. The molecule has 0 aliphatic heterocycles. The lowest BCUT2D eigenvalue weighted by Gasteiger charge is -1.77. The zero-order chi connectivity index (χ0) is 7.70. The molecule has 0 N–H and O–H groups in total. The fourth-order valence-electron chi connectivity index (χ4n) is 0.181. The second-order valence-electron chi connectivity index (χ2n) is 0.991. The Bertz CT molecular complexity index is 101. The molecule has 9 heavy (non-hydrogen) atoms. The van der Waals surface area contributed by atoms with E-state index in [-0.39, 0.29) is 0 Å². The second kappa shape index (κ2) is 10.6. The van der Waals surface area contributed by atoms with Crippen LogP contribution in [0.3, 0.4) is 0 Å². The van der Waals surface area contributed by atoms with Gasteiger partial charge in [-0.05, 0) is 6.08 Å². The van der Waals surface area contributed by atoms with Crippen molar-refractivity contribution in [3.05, 3.63) is 35.9 Å². The monoisotopic (exact) mass is 188 g/mol. The minimum atomic E-state index is 0.961. The quantitative estimate of drug-likeness (QED) is 0.581. The van der Waals surface area contributed by atoms with Crippen molar-refractivity contribution in [3.63, 3.8) is 0 Å². The van der Waals surface area contributed by atoms with Gasteiger partial charge in [0.15, 0.2) is 0 Å². The lowest BCUT2D eigenvalue weighted by Crippen LogP contribution is -1.52. The first-order chi connectivity index (χ1) is 4.31. The van der Waals surface area contributed by atoms with Gasteiger partial charge in [0.25, 0.3) is 0 Å². The molecule has 0 atom stereocenters. The maximum Gasteiger partial charge on any atom is 0.0169 e. The Balaban J connectivity index is 0. The van der Waals surface area contributed by atoms with Crippen molar-refractivity contribution >= 4 is 15.9 Å². The molecule has 0 aromatic carbocycles. The van der Waals surface area contributed by atoms with Crippen LogP contribution in [-0.4, -0.2) is 0 Å². The molecular weight excluding hydrogens is 176 g/mol. The van der Waals surface area contributed by atoms with E-state index in [0.29, 0.717) is 0 Å². The van der Waals surface area contributed by atoms with Gasteiger partial charge in [0.05, 0.1) is 0 Å². The molecule has 0 nitrogen and oxygen atoms in total. The van der Waals surface area contributed by atoms with Gasteiger partial charge in [0, 0.05) is 4.48 Å². The molecule has 0 aliphatic rings. The van der Waals surface area contributed by atoms with Crippen LogP contribution in [0.25, 0.3) is 0 Å². The van der Waals surface area contributed by atoms with Crippen LogP contribution < -0.4 is 0 Å². The molecule has 0 spiro atoms. The first-order valence-electron chi connectivity index (χ1n) is 2.92. The molecule has 0 aliphatic carbocycles.